The van der Waals surface area contributed by atoms with E-state index in [0.29, 0.717) is 5.71 Å². The van der Waals surface area contributed by atoms with Crippen molar-refractivity contribution in [2.45, 2.75) is 6.92 Å². The number of hydrogen-bond acceptors (Lipinski definition) is 4. The van der Waals surface area contributed by atoms with Crippen molar-refractivity contribution in [1.82, 2.24) is 19.6 Å². The maximum absolute atomic E-state index is 6.13. The van der Waals surface area contributed by atoms with Gasteiger partial charge in [0.05, 0.1) is 17.8 Å². The highest BCUT2D eigenvalue weighted by atomic mass is 16.3. The number of fused-ring (bicyclic) bond motifs is 5. The predicted molar refractivity (Wildman–Crippen MR) is 120 cm³/mol. The fourth-order valence-corrected chi connectivity index (χ4v) is 4.11. The van der Waals surface area contributed by atoms with Gasteiger partial charge in [-0.05, 0) is 53.2 Å². The largest absolute Gasteiger partial charge is 0.437 e. The Kier molecular flexibility index (Phi) is 3.73. The molecule has 0 aliphatic heterocycles. The van der Waals surface area contributed by atoms with Crippen LogP contribution in [0.15, 0.2) is 84.4 Å². The summed E-state index contributed by atoms with van der Waals surface area (Å²) in [5.74, 6) is 0.782. The molecule has 0 fully saturated rings. The van der Waals surface area contributed by atoms with Gasteiger partial charge in [0, 0.05) is 35.3 Å². The van der Waals surface area contributed by atoms with E-state index in [-0.39, 0.29) is 0 Å². The number of aryl methyl sites for hydroxylation is 1. The van der Waals surface area contributed by atoms with Gasteiger partial charge in [0.2, 0.25) is 5.71 Å². The molecule has 5 heterocycles. The van der Waals surface area contributed by atoms with Gasteiger partial charge < -0.3 is 4.42 Å². The second-order valence-corrected chi connectivity index (χ2v) is 7.41. The second kappa shape index (κ2) is 6.60. The number of pyridine rings is 3. The van der Waals surface area contributed by atoms with Gasteiger partial charge in [0.1, 0.15) is 17.5 Å². The Morgan fingerprint density at radius 2 is 2.03 bits per heavy atom. The third-order valence-electron chi connectivity index (χ3n) is 5.60. The van der Waals surface area contributed by atoms with Crippen LogP contribution in [0.4, 0.5) is 0 Å². The van der Waals surface area contributed by atoms with Crippen molar-refractivity contribution in [2.24, 2.45) is 0 Å². The van der Waals surface area contributed by atoms with Crippen molar-refractivity contribution in [3.05, 3.63) is 91.3 Å². The first-order chi connectivity index (χ1) is 15.2. The van der Waals surface area contributed by atoms with E-state index in [1.54, 1.807) is 18.5 Å². The van der Waals surface area contributed by atoms with Gasteiger partial charge in [0.15, 0.2) is 5.69 Å². The quantitative estimate of drug-likeness (QED) is 0.392. The Morgan fingerprint density at radius 1 is 1.10 bits per heavy atom. The summed E-state index contributed by atoms with van der Waals surface area (Å²) in [6.07, 6.45) is 11.1. The third-order valence-corrected chi connectivity index (χ3v) is 5.60. The lowest BCUT2D eigenvalue weighted by molar-refractivity contribution is -0.677. The molecule has 0 bridgehead atoms. The predicted octanol–water partition coefficient (Wildman–Crippen LogP) is 4.94. The highest BCUT2D eigenvalue weighted by molar-refractivity contribution is 6.16. The van der Waals surface area contributed by atoms with Gasteiger partial charge in [-0.2, -0.15) is 4.68 Å². The molecule has 0 saturated carbocycles. The first kappa shape index (κ1) is 17.5. The van der Waals surface area contributed by atoms with Gasteiger partial charge in [0.25, 0.3) is 0 Å². The summed E-state index contributed by atoms with van der Waals surface area (Å²) in [5.41, 5.74) is 4.29. The molecular formula is C25H18N5O+. The molecule has 6 heteroatoms. The summed E-state index contributed by atoms with van der Waals surface area (Å²) in [7, 11) is 0. The molecule has 6 nitrogen and oxygen atoms in total. The fourth-order valence-electron chi connectivity index (χ4n) is 4.11. The zero-order chi connectivity index (χ0) is 20.9. The van der Waals surface area contributed by atoms with Crippen molar-refractivity contribution in [3.8, 4) is 11.5 Å². The van der Waals surface area contributed by atoms with Crippen LogP contribution in [0.5, 0.6) is 0 Å². The van der Waals surface area contributed by atoms with E-state index in [4.69, 9.17) is 9.40 Å². The lowest BCUT2D eigenvalue weighted by Crippen LogP contribution is -2.40. The number of hydrogen-bond donors (Lipinski definition) is 0. The minimum atomic E-state index is 0.624. The summed E-state index contributed by atoms with van der Waals surface area (Å²) in [4.78, 5) is 13.6. The Labute approximate surface area is 177 Å². The van der Waals surface area contributed by atoms with Crippen LogP contribution in [0, 0.1) is 6.92 Å². The smallest absolute Gasteiger partial charge is 0.348 e. The van der Waals surface area contributed by atoms with Crippen molar-refractivity contribution in [3.63, 3.8) is 0 Å². The van der Waals surface area contributed by atoms with Crippen molar-refractivity contribution in [2.75, 3.05) is 0 Å². The van der Waals surface area contributed by atoms with Crippen LogP contribution in [0.1, 0.15) is 11.3 Å². The lowest BCUT2D eigenvalue weighted by atomic mass is 10.1. The molecule has 5 aromatic heterocycles. The Hall–Kier alpha value is -4.32. The van der Waals surface area contributed by atoms with Crippen molar-refractivity contribution >= 4 is 38.9 Å². The van der Waals surface area contributed by atoms with E-state index in [0.717, 1.165) is 49.9 Å². The molecule has 0 radical (unpaired) electrons. The minimum absolute atomic E-state index is 0.624. The summed E-state index contributed by atoms with van der Waals surface area (Å²) in [5, 5.41) is 3.98. The van der Waals surface area contributed by atoms with Crippen LogP contribution in [-0.2, 0) is 0 Å². The Morgan fingerprint density at radius 3 is 2.90 bits per heavy atom. The second-order valence-electron chi connectivity index (χ2n) is 7.41. The van der Waals surface area contributed by atoms with Crippen LogP contribution >= 0.6 is 0 Å². The molecule has 0 aliphatic rings. The SMILES string of the molecule is C=Cc1nc(-[n+]2cccn2-c2cnccc2C)cc2ccc3c4cccnc4oc3c12. The first-order valence-electron chi connectivity index (χ1n) is 9.98. The van der Waals surface area contributed by atoms with Crippen LogP contribution < -0.4 is 4.68 Å². The van der Waals surface area contributed by atoms with Gasteiger partial charge in [-0.25, -0.2) is 4.98 Å². The standard InChI is InChI=1S/C25H18N5O/c1-3-20-23-17(7-8-18-19-6-4-10-27-25(19)31-24(18)23)14-22(28-20)30-13-5-12-29(30)21-15-26-11-9-16(21)2/h3-15H,1H2,2H3/q+1. The van der Waals surface area contributed by atoms with Crippen LogP contribution in [0.2, 0.25) is 0 Å². The number of aromatic nitrogens is 5. The molecule has 0 N–H and O–H groups in total. The van der Waals surface area contributed by atoms with Crippen molar-refractivity contribution in [1.29, 1.82) is 0 Å². The molecule has 31 heavy (non-hydrogen) atoms. The third kappa shape index (κ3) is 2.58. The Balaban J connectivity index is 1.63. The molecule has 0 unspecified atom stereocenters. The average Bonchev–Trinajstić information content (AvgIpc) is 3.43. The summed E-state index contributed by atoms with van der Waals surface area (Å²) < 4.78 is 10.2. The van der Waals surface area contributed by atoms with Crippen LogP contribution in [0.3, 0.4) is 0 Å². The van der Waals surface area contributed by atoms with Gasteiger partial charge in [-0.3, -0.25) is 4.98 Å². The molecule has 0 aliphatic carbocycles. The van der Waals surface area contributed by atoms with E-state index in [2.05, 4.69) is 41.7 Å². The van der Waals surface area contributed by atoms with E-state index >= 15 is 0 Å². The summed E-state index contributed by atoms with van der Waals surface area (Å²) in [6.45, 7) is 6.08. The van der Waals surface area contributed by atoms with E-state index in [1.165, 1.54) is 0 Å². The first-order valence-corrected chi connectivity index (χ1v) is 9.98. The molecule has 0 saturated heterocycles. The van der Waals surface area contributed by atoms with Crippen LogP contribution in [-0.4, -0.2) is 19.6 Å². The number of benzene rings is 1. The lowest BCUT2D eigenvalue weighted by Gasteiger charge is -2.08. The van der Waals surface area contributed by atoms with E-state index in [9.17, 15) is 0 Å². The normalized spacial score (nSPS) is 11.5. The summed E-state index contributed by atoms with van der Waals surface area (Å²) >= 11 is 0. The minimum Gasteiger partial charge on any atom is -0.437 e. The monoisotopic (exact) mass is 404 g/mol. The van der Waals surface area contributed by atoms with Gasteiger partial charge >= 0.3 is 5.82 Å². The molecule has 6 aromatic rings. The zero-order valence-electron chi connectivity index (χ0n) is 16.9. The van der Waals surface area contributed by atoms with Gasteiger partial charge in [-0.1, -0.05) is 12.6 Å². The highest BCUT2D eigenvalue weighted by Crippen LogP contribution is 2.35. The van der Waals surface area contributed by atoms with E-state index < -0.39 is 0 Å². The van der Waals surface area contributed by atoms with Crippen molar-refractivity contribution < 1.29 is 9.10 Å². The summed E-state index contributed by atoms with van der Waals surface area (Å²) in [6, 6.07) is 14.2. The molecule has 0 atom stereocenters. The molecule has 6 rings (SSSR count). The topological polar surface area (TPSA) is 60.6 Å². The molecular weight excluding hydrogens is 386 g/mol. The number of rotatable bonds is 3. The Bertz CT molecular complexity index is 1630. The maximum Gasteiger partial charge on any atom is 0.348 e. The molecule has 148 valence electrons. The number of nitrogens with zero attached hydrogens (tertiary/aromatic N) is 5. The highest BCUT2D eigenvalue weighted by Gasteiger charge is 2.22. The fraction of sp³-hybridized carbons (Fsp3) is 0.0400. The zero-order valence-corrected chi connectivity index (χ0v) is 16.9. The van der Waals surface area contributed by atoms with Crippen LogP contribution in [0.25, 0.3) is 50.4 Å². The number of furan rings is 1. The maximum atomic E-state index is 6.13. The average molecular weight is 404 g/mol. The van der Waals surface area contributed by atoms with E-state index in [1.807, 2.05) is 52.2 Å². The molecule has 1 aromatic carbocycles. The molecule has 0 amide bonds. The van der Waals surface area contributed by atoms with Gasteiger partial charge in [-0.15, -0.1) is 4.68 Å². The molecule has 0 spiro atoms.